The number of aromatic nitrogens is 1. The molecule has 0 saturated carbocycles. The summed E-state index contributed by atoms with van der Waals surface area (Å²) in [6, 6.07) is 0.707. The van der Waals surface area contributed by atoms with Gasteiger partial charge in [-0.1, -0.05) is 6.92 Å². The van der Waals surface area contributed by atoms with Crippen molar-refractivity contribution >= 4 is 11.3 Å². The summed E-state index contributed by atoms with van der Waals surface area (Å²) in [4.78, 5) is 8.78. The van der Waals surface area contributed by atoms with E-state index in [0.717, 1.165) is 25.8 Å². The third-order valence-electron chi connectivity index (χ3n) is 4.60. The lowest BCUT2D eigenvalue weighted by molar-refractivity contribution is 0.130. The average Bonchev–Trinajstić information content (AvgIpc) is 2.94. The standard InChI is InChI=1S/C14H23N3S/c1-3-12-10(2)18-13(16-12)14(15)6-8-17-7-4-5-11(17)9-14/h11H,3-9,15H2,1-2H3. The Hall–Kier alpha value is -0.450. The molecule has 0 spiro atoms. The van der Waals surface area contributed by atoms with Crippen LogP contribution < -0.4 is 5.73 Å². The summed E-state index contributed by atoms with van der Waals surface area (Å²) in [5.41, 5.74) is 7.78. The Morgan fingerprint density at radius 2 is 2.33 bits per heavy atom. The van der Waals surface area contributed by atoms with Crippen molar-refractivity contribution in [2.24, 2.45) is 5.73 Å². The van der Waals surface area contributed by atoms with E-state index in [1.807, 2.05) is 11.3 Å². The fraction of sp³-hybridized carbons (Fsp3) is 0.786. The lowest BCUT2D eigenvalue weighted by Gasteiger charge is -2.40. The van der Waals surface area contributed by atoms with E-state index in [1.165, 1.54) is 35.0 Å². The molecular weight excluding hydrogens is 242 g/mol. The third-order valence-corrected chi connectivity index (χ3v) is 5.83. The fourth-order valence-corrected chi connectivity index (χ4v) is 4.59. The number of aryl methyl sites for hydroxylation is 2. The van der Waals surface area contributed by atoms with Gasteiger partial charge in [-0.2, -0.15) is 0 Å². The highest BCUT2D eigenvalue weighted by molar-refractivity contribution is 7.11. The third kappa shape index (κ3) is 2.00. The molecule has 2 unspecified atom stereocenters. The first kappa shape index (κ1) is 12.6. The molecule has 3 nitrogen and oxygen atoms in total. The van der Waals surface area contributed by atoms with Crippen molar-refractivity contribution in [3.63, 3.8) is 0 Å². The first-order valence-corrected chi connectivity index (χ1v) is 7.94. The van der Waals surface area contributed by atoms with Crippen molar-refractivity contribution in [2.75, 3.05) is 13.1 Å². The Labute approximate surface area is 113 Å². The van der Waals surface area contributed by atoms with Gasteiger partial charge in [0.05, 0.1) is 11.2 Å². The number of hydrogen-bond donors (Lipinski definition) is 1. The molecule has 1 aromatic rings. The number of fused-ring (bicyclic) bond motifs is 1. The van der Waals surface area contributed by atoms with Gasteiger partial charge < -0.3 is 10.6 Å². The number of nitrogens with two attached hydrogens (primary N) is 1. The Balaban J connectivity index is 1.85. The summed E-state index contributed by atoms with van der Waals surface area (Å²) in [5, 5.41) is 1.18. The molecule has 2 aliphatic rings. The van der Waals surface area contributed by atoms with Gasteiger partial charge in [-0.05, 0) is 45.6 Å². The lowest BCUT2D eigenvalue weighted by Crippen LogP contribution is -2.50. The van der Waals surface area contributed by atoms with Crippen molar-refractivity contribution < 1.29 is 0 Å². The van der Waals surface area contributed by atoms with E-state index in [-0.39, 0.29) is 5.54 Å². The molecule has 0 radical (unpaired) electrons. The quantitative estimate of drug-likeness (QED) is 0.893. The number of hydrogen-bond acceptors (Lipinski definition) is 4. The molecule has 2 fully saturated rings. The Morgan fingerprint density at radius 3 is 3.06 bits per heavy atom. The van der Waals surface area contributed by atoms with Crippen LogP contribution in [-0.4, -0.2) is 29.0 Å². The SMILES string of the molecule is CCc1nc(C2(N)CCN3CCCC3C2)sc1C. The molecule has 2 aliphatic heterocycles. The molecule has 100 valence electrons. The summed E-state index contributed by atoms with van der Waals surface area (Å²) >= 11 is 1.82. The van der Waals surface area contributed by atoms with Crippen LogP contribution in [0.15, 0.2) is 0 Å². The summed E-state index contributed by atoms with van der Waals surface area (Å²) in [5.74, 6) is 0. The maximum absolute atomic E-state index is 6.69. The van der Waals surface area contributed by atoms with E-state index in [1.54, 1.807) is 0 Å². The molecule has 2 saturated heterocycles. The Kier molecular flexibility index (Phi) is 3.20. The predicted octanol–water partition coefficient (Wildman–Crippen LogP) is 2.43. The van der Waals surface area contributed by atoms with Crippen LogP contribution >= 0.6 is 11.3 Å². The van der Waals surface area contributed by atoms with Gasteiger partial charge in [0.1, 0.15) is 5.01 Å². The number of thiazole rings is 1. The second-order valence-corrected chi connectivity index (χ2v) is 7.02. The second-order valence-electron chi connectivity index (χ2n) is 5.82. The fourth-order valence-electron chi connectivity index (χ4n) is 3.45. The van der Waals surface area contributed by atoms with Crippen molar-refractivity contribution in [1.29, 1.82) is 0 Å². The molecule has 1 aromatic heterocycles. The molecule has 2 N–H and O–H groups in total. The first-order valence-electron chi connectivity index (χ1n) is 7.12. The summed E-state index contributed by atoms with van der Waals surface area (Å²) in [7, 11) is 0. The lowest BCUT2D eigenvalue weighted by atomic mass is 9.84. The maximum atomic E-state index is 6.69. The molecule has 0 amide bonds. The van der Waals surface area contributed by atoms with Crippen LogP contribution in [0, 0.1) is 6.92 Å². The molecule has 18 heavy (non-hydrogen) atoms. The summed E-state index contributed by atoms with van der Waals surface area (Å²) < 4.78 is 0. The highest BCUT2D eigenvalue weighted by Gasteiger charge is 2.41. The summed E-state index contributed by atoms with van der Waals surface area (Å²) in [6.45, 7) is 6.78. The number of nitrogens with zero attached hydrogens (tertiary/aromatic N) is 2. The van der Waals surface area contributed by atoms with Crippen LogP contribution in [0.5, 0.6) is 0 Å². The minimum atomic E-state index is -0.158. The maximum Gasteiger partial charge on any atom is 0.113 e. The van der Waals surface area contributed by atoms with E-state index in [9.17, 15) is 0 Å². The van der Waals surface area contributed by atoms with Crippen LogP contribution in [0.1, 0.15) is 48.2 Å². The Morgan fingerprint density at radius 1 is 1.50 bits per heavy atom. The van der Waals surface area contributed by atoms with Crippen LogP contribution in [0.4, 0.5) is 0 Å². The van der Waals surface area contributed by atoms with Crippen molar-refractivity contribution in [3.05, 3.63) is 15.6 Å². The van der Waals surface area contributed by atoms with Gasteiger partial charge in [-0.15, -0.1) is 11.3 Å². The zero-order valence-corrected chi connectivity index (χ0v) is 12.2. The van der Waals surface area contributed by atoms with Crippen molar-refractivity contribution in [3.8, 4) is 0 Å². The molecule has 0 aliphatic carbocycles. The van der Waals surface area contributed by atoms with Gasteiger partial charge in [-0.3, -0.25) is 0 Å². The molecule has 3 rings (SSSR count). The van der Waals surface area contributed by atoms with Gasteiger partial charge in [0, 0.05) is 17.5 Å². The minimum Gasteiger partial charge on any atom is -0.319 e. The zero-order chi connectivity index (χ0) is 12.8. The number of rotatable bonds is 2. The van der Waals surface area contributed by atoms with Gasteiger partial charge >= 0.3 is 0 Å². The van der Waals surface area contributed by atoms with Gasteiger partial charge in [-0.25, -0.2) is 4.98 Å². The van der Waals surface area contributed by atoms with E-state index in [4.69, 9.17) is 10.7 Å². The molecule has 3 heterocycles. The smallest absolute Gasteiger partial charge is 0.113 e. The molecular formula is C14H23N3S. The topological polar surface area (TPSA) is 42.1 Å². The minimum absolute atomic E-state index is 0.158. The van der Waals surface area contributed by atoms with Crippen LogP contribution in [0.3, 0.4) is 0 Å². The average molecular weight is 265 g/mol. The van der Waals surface area contributed by atoms with E-state index in [2.05, 4.69) is 18.7 Å². The highest BCUT2D eigenvalue weighted by atomic mass is 32.1. The van der Waals surface area contributed by atoms with Crippen LogP contribution in [0.2, 0.25) is 0 Å². The molecule has 2 atom stereocenters. The van der Waals surface area contributed by atoms with Gasteiger partial charge in [0.15, 0.2) is 0 Å². The van der Waals surface area contributed by atoms with Gasteiger partial charge in [0.25, 0.3) is 0 Å². The molecule has 0 bridgehead atoms. The van der Waals surface area contributed by atoms with Crippen LogP contribution in [-0.2, 0) is 12.0 Å². The second kappa shape index (κ2) is 4.58. The van der Waals surface area contributed by atoms with Crippen LogP contribution in [0.25, 0.3) is 0 Å². The monoisotopic (exact) mass is 265 g/mol. The van der Waals surface area contributed by atoms with E-state index in [0.29, 0.717) is 6.04 Å². The van der Waals surface area contributed by atoms with Crippen molar-refractivity contribution in [2.45, 2.75) is 57.5 Å². The van der Waals surface area contributed by atoms with Crippen molar-refractivity contribution in [1.82, 2.24) is 9.88 Å². The predicted molar refractivity (Wildman–Crippen MR) is 75.9 cm³/mol. The first-order chi connectivity index (χ1) is 8.62. The summed E-state index contributed by atoms with van der Waals surface area (Å²) in [6.07, 6.45) is 5.86. The van der Waals surface area contributed by atoms with E-state index < -0.39 is 0 Å². The highest BCUT2D eigenvalue weighted by Crippen LogP contribution is 2.39. The largest absolute Gasteiger partial charge is 0.319 e. The molecule has 0 aromatic carbocycles. The normalized spacial score (nSPS) is 32.7. The zero-order valence-electron chi connectivity index (χ0n) is 11.4. The van der Waals surface area contributed by atoms with E-state index >= 15 is 0 Å². The molecule has 4 heteroatoms. The van der Waals surface area contributed by atoms with Gasteiger partial charge in [0.2, 0.25) is 0 Å². The Bertz CT molecular complexity index is 442. The number of piperidine rings is 1.